The summed E-state index contributed by atoms with van der Waals surface area (Å²) in [5.74, 6) is -0.472. The number of ether oxygens (including phenoxy) is 1. The van der Waals surface area contributed by atoms with Gasteiger partial charge in [-0.3, -0.25) is 9.69 Å². The molecule has 0 bridgehead atoms. The fourth-order valence-electron chi connectivity index (χ4n) is 3.04. The minimum atomic E-state index is -4.55. The average molecular weight is 426 g/mol. The number of aromatic nitrogens is 3. The van der Waals surface area contributed by atoms with Crippen molar-refractivity contribution < 1.29 is 27.5 Å². The van der Waals surface area contributed by atoms with Crippen molar-refractivity contribution >= 4 is 17.7 Å². The van der Waals surface area contributed by atoms with E-state index in [1.165, 1.54) is 23.4 Å². The standard InChI is InChI=1S/C18H21F3N6O3/c1-2-30-17(29)26-7-5-25(6-8-26)10-16(28)24-14-9-13(18(19,20)21)3-4-15(14)27-12-22-11-23-27/h3-4,9,11-12H,2,5-8,10H2,1H3,(H,24,28). The molecule has 1 fully saturated rings. The fourth-order valence-corrected chi connectivity index (χ4v) is 3.04. The lowest BCUT2D eigenvalue weighted by molar-refractivity contribution is -0.137. The van der Waals surface area contributed by atoms with E-state index in [9.17, 15) is 22.8 Å². The smallest absolute Gasteiger partial charge is 0.416 e. The number of amides is 2. The third-order valence-electron chi connectivity index (χ3n) is 4.53. The Morgan fingerprint density at radius 3 is 2.53 bits per heavy atom. The fraction of sp³-hybridized carbons (Fsp3) is 0.444. The highest BCUT2D eigenvalue weighted by Gasteiger charge is 2.31. The Morgan fingerprint density at radius 2 is 1.93 bits per heavy atom. The number of benzene rings is 1. The summed E-state index contributed by atoms with van der Waals surface area (Å²) in [7, 11) is 0. The summed E-state index contributed by atoms with van der Waals surface area (Å²) in [6.45, 7) is 3.69. The van der Waals surface area contributed by atoms with Gasteiger partial charge in [0.25, 0.3) is 0 Å². The Hall–Kier alpha value is -3.15. The first kappa shape index (κ1) is 21.6. The molecule has 0 radical (unpaired) electrons. The first-order valence-corrected chi connectivity index (χ1v) is 9.28. The van der Waals surface area contributed by atoms with Gasteiger partial charge in [0.05, 0.1) is 30.1 Å². The molecule has 1 saturated heterocycles. The third kappa shape index (κ3) is 5.26. The molecule has 0 saturated carbocycles. The number of hydrogen-bond donors (Lipinski definition) is 1. The highest BCUT2D eigenvalue weighted by Crippen LogP contribution is 2.33. The van der Waals surface area contributed by atoms with Gasteiger partial charge < -0.3 is 15.0 Å². The van der Waals surface area contributed by atoms with Crippen molar-refractivity contribution in [1.82, 2.24) is 24.6 Å². The summed E-state index contributed by atoms with van der Waals surface area (Å²) in [6.07, 6.45) is -2.38. The molecule has 1 N–H and O–H groups in total. The van der Waals surface area contributed by atoms with Crippen LogP contribution < -0.4 is 5.32 Å². The Balaban J connectivity index is 1.67. The summed E-state index contributed by atoms with van der Waals surface area (Å²) in [5.41, 5.74) is -0.642. The maximum absolute atomic E-state index is 13.1. The van der Waals surface area contributed by atoms with Gasteiger partial charge in [-0.15, -0.1) is 0 Å². The van der Waals surface area contributed by atoms with Crippen molar-refractivity contribution in [2.75, 3.05) is 44.6 Å². The van der Waals surface area contributed by atoms with Crippen molar-refractivity contribution in [1.29, 1.82) is 0 Å². The number of alkyl halides is 3. The molecular weight excluding hydrogens is 405 g/mol. The molecule has 0 atom stereocenters. The van der Waals surface area contributed by atoms with Gasteiger partial charge in [0, 0.05) is 26.2 Å². The van der Waals surface area contributed by atoms with Crippen LogP contribution in [0.3, 0.4) is 0 Å². The molecule has 0 unspecified atom stereocenters. The number of anilines is 1. The first-order valence-electron chi connectivity index (χ1n) is 9.28. The monoisotopic (exact) mass is 426 g/mol. The molecule has 12 heteroatoms. The van der Waals surface area contributed by atoms with Crippen molar-refractivity contribution in [3.63, 3.8) is 0 Å². The molecule has 162 valence electrons. The van der Waals surface area contributed by atoms with E-state index in [-0.39, 0.29) is 24.5 Å². The van der Waals surface area contributed by atoms with Crippen LogP contribution in [-0.4, -0.2) is 75.9 Å². The Morgan fingerprint density at radius 1 is 1.20 bits per heavy atom. The molecule has 2 aromatic rings. The predicted octanol–water partition coefficient (Wildman–Crippen LogP) is 2.00. The van der Waals surface area contributed by atoms with Gasteiger partial charge in [-0.05, 0) is 25.1 Å². The van der Waals surface area contributed by atoms with Crippen LogP contribution in [0.1, 0.15) is 12.5 Å². The van der Waals surface area contributed by atoms with E-state index in [2.05, 4.69) is 15.4 Å². The number of nitrogens with one attached hydrogen (secondary N) is 1. The summed E-state index contributed by atoms with van der Waals surface area (Å²) in [6, 6.07) is 3.01. The van der Waals surface area contributed by atoms with Crippen molar-refractivity contribution in [2.24, 2.45) is 0 Å². The van der Waals surface area contributed by atoms with E-state index in [1.807, 2.05) is 4.90 Å². The molecule has 3 rings (SSSR count). The lowest BCUT2D eigenvalue weighted by Gasteiger charge is -2.33. The molecule has 2 heterocycles. The van der Waals surface area contributed by atoms with Crippen LogP contribution in [0.4, 0.5) is 23.7 Å². The van der Waals surface area contributed by atoms with Gasteiger partial charge in [0.1, 0.15) is 12.7 Å². The van der Waals surface area contributed by atoms with Crippen LogP contribution >= 0.6 is 0 Å². The molecule has 1 aliphatic rings. The number of rotatable bonds is 5. The first-order chi connectivity index (χ1) is 14.3. The van der Waals surface area contributed by atoms with Crippen molar-refractivity contribution in [2.45, 2.75) is 13.1 Å². The van der Waals surface area contributed by atoms with Gasteiger partial charge in [-0.1, -0.05) is 0 Å². The topological polar surface area (TPSA) is 92.6 Å². The second kappa shape index (κ2) is 9.11. The molecule has 30 heavy (non-hydrogen) atoms. The normalized spacial score (nSPS) is 15.1. The van der Waals surface area contributed by atoms with E-state index in [1.54, 1.807) is 11.8 Å². The van der Waals surface area contributed by atoms with Gasteiger partial charge in [0.2, 0.25) is 5.91 Å². The minimum absolute atomic E-state index is 0.0227. The van der Waals surface area contributed by atoms with Crippen LogP contribution in [0.25, 0.3) is 5.69 Å². The molecule has 1 aromatic carbocycles. The maximum Gasteiger partial charge on any atom is 0.416 e. The summed E-state index contributed by atoms with van der Waals surface area (Å²) < 4.78 is 45.6. The van der Waals surface area contributed by atoms with E-state index >= 15 is 0 Å². The van der Waals surface area contributed by atoms with Crippen LogP contribution in [0, 0.1) is 0 Å². The molecule has 0 aliphatic carbocycles. The summed E-state index contributed by atoms with van der Waals surface area (Å²) in [5, 5.41) is 6.45. The SMILES string of the molecule is CCOC(=O)N1CCN(CC(=O)Nc2cc(C(F)(F)F)ccc2-n2cncn2)CC1. The number of hydrogen-bond acceptors (Lipinski definition) is 6. The molecule has 0 spiro atoms. The third-order valence-corrected chi connectivity index (χ3v) is 4.53. The molecule has 1 aromatic heterocycles. The lowest BCUT2D eigenvalue weighted by atomic mass is 10.1. The van der Waals surface area contributed by atoms with Crippen molar-refractivity contribution in [3.05, 3.63) is 36.4 Å². The molecular formula is C18H21F3N6O3. The predicted molar refractivity (Wildman–Crippen MR) is 100 cm³/mol. The van der Waals surface area contributed by atoms with Gasteiger partial charge in [-0.2, -0.15) is 18.3 Å². The van der Waals surface area contributed by atoms with Crippen LogP contribution in [0.15, 0.2) is 30.9 Å². The molecule has 2 amide bonds. The number of carbonyl (C=O) groups excluding carboxylic acids is 2. The van der Waals surface area contributed by atoms with Crippen LogP contribution in [-0.2, 0) is 15.7 Å². The van der Waals surface area contributed by atoms with Crippen LogP contribution in [0.2, 0.25) is 0 Å². The lowest BCUT2D eigenvalue weighted by Crippen LogP contribution is -2.50. The van der Waals surface area contributed by atoms with E-state index in [0.29, 0.717) is 26.2 Å². The number of halogens is 3. The van der Waals surface area contributed by atoms with Gasteiger partial charge in [-0.25, -0.2) is 14.5 Å². The Kier molecular flexibility index (Phi) is 6.55. The van der Waals surface area contributed by atoms with Crippen LogP contribution in [0.5, 0.6) is 0 Å². The van der Waals surface area contributed by atoms with E-state index < -0.39 is 23.7 Å². The quantitative estimate of drug-likeness (QED) is 0.786. The minimum Gasteiger partial charge on any atom is -0.450 e. The largest absolute Gasteiger partial charge is 0.450 e. The Bertz CT molecular complexity index is 880. The summed E-state index contributed by atoms with van der Waals surface area (Å²) >= 11 is 0. The maximum atomic E-state index is 13.1. The van der Waals surface area contributed by atoms with Gasteiger partial charge >= 0.3 is 12.3 Å². The average Bonchev–Trinajstić information content (AvgIpc) is 3.22. The summed E-state index contributed by atoms with van der Waals surface area (Å²) in [4.78, 5) is 31.4. The van der Waals surface area contributed by atoms with E-state index in [4.69, 9.17) is 4.74 Å². The Labute approximate surface area is 170 Å². The molecule has 9 nitrogen and oxygen atoms in total. The zero-order valence-electron chi connectivity index (χ0n) is 16.2. The second-order valence-corrected chi connectivity index (χ2v) is 6.58. The second-order valence-electron chi connectivity index (χ2n) is 6.58. The van der Waals surface area contributed by atoms with Gasteiger partial charge in [0.15, 0.2) is 0 Å². The number of piperazine rings is 1. The van der Waals surface area contributed by atoms with E-state index in [0.717, 1.165) is 12.1 Å². The number of carbonyl (C=O) groups is 2. The highest BCUT2D eigenvalue weighted by molar-refractivity contribution is 5.94. The van der Waals surface area contributed by atoms with Crippen molar-refractivity contribution in [3.8, 4) is 5.69 Å². The zero-order chi connectivity index (χ0) is 21.7. The zero-order valence-corrected chi connectivity index (χ0v) is 16.2. The number of nitrogens with zero attached hydrogens (tertiary/aromatic N) is 5. The molecule has 1 aliphatic heterocycles. The highest BCUT2D eigenvalue weighted by atomic mass is 19.4.